The largest absolute Gasteiger partial charge is 0.252 e. The SMILES string of the molecule is CCCCCCCCc1ccc(-c2ccc(CC(F)(F)CCCCCC)c(F)c2)cc1. The van der Waals surface area contributed by atoms with Crippen molar-refractivity contribution in [2.45, 2.75) is 103 Å². The van der Waals surface area contributed by atoms with E-state index in [-0.39, 0.29) is 12.0 Å². The van der Waals surface area contributed by atoms with E-state index >= 15 is 0 Å². The van der Waals surface area contributed by atoms with Crippen LogP contribution in [0.2, 0.25) is 0 Å². The Morgan fingerprint density at radius 1 is 0.677 bits per heavy atom. The first-order chi connectivity index (χ1) is 14.9. The molecule has 172 valence electrons. The molecule has 0 saturated heterocycles. The smallest absolute Gasteiger partial charge is 0.207 e. The summed E-state index contributed by atoms with van der Waals surface area (Å²) in [6.45, 7) is 4.28. The molecule has 0 aliphatic carbocycles. The van der Waals surface area contributed by atoms with Gasteiger partial charge in [0.05, 0.1) is 0 Å². The molecule has 0 spiro atoms. The molecular formula is C28H39F3. The van der Waals surface area contributed by atoms with E-state index in [1.54, 1.807) is 6.07 Å². The molecule has 3 heteroatoms. The molecule has 0 atom stereocenters. The summed E-state index contributed by atoms with van der Waals surface area (Å²) in [7, 11) is 0. The molecule has 2 aromatic rings. The quantitative estimate of drug-likeness (QED) is 0.246. The number of benzene rings is 2. The van der Waals surface area contributed by atoms with Gasteiger partial charge in [-0.05, 0) is 47.6 Å². The van der Waals surface area contributed by atoms with Crippen LogP contribution in [0.5, 0.6) is 0 Å². The molecule has 0 nitrogen and oxygen atoms in total. The van der Waals surface area contributed by atoms with Crippen LogP contribution in [0.25, 0.3) is 11.1 Å². The van der Waals surface area contributed by atoms with Gasteiger partial charge in [-0.2, -0.15) is 0 Å². The standard InChI is InChI=1S/C28H39F3/c1-3-5-7-9-10-11-13-23-14-16-24(17-15-23)25-18-19-26(27(29)21-25)22-28(30,31)20-12-8-6-4-2/h14-19,21H,3-13,20,22H2,1-2H3. The number of hydrogen-bond acceptors (Lipinski definition) is 0. The molecule has 0 N–H and O–H groups in total. The fourth-order valence-electron chi connectivity index (χ4n) is 4.02. The van der Waals surface area contributed by atoms with Gasteiger partial charge in [0.25, 0.3) is 5.92 Å². The normalized spacial score (nSPS) is 11.8. The molecule has 2 rings (SSSR count). The topological polar surface area (TPSA) is 0 Å². The Labute approximate surface area is 187 Å². The predicted octanol–water partition coefficient (Wildman–Crippen LogP) is 9.54. The lowest BCUT2D eigenvalue weighted by Crippen LogP contribution is -2.20. The van der Waals surface area contributed by atoms with Crippen LogP contribution in [0.4, 0.5) is 13.2 Å². The molecule has 0 heterocycles. The summed E-state index contributed by atoms with van der Waals surface area (Å²) < 4.78 is 43.0. The van der Waals surface area contributed by atoms with Crippen LogP contribution in [0, 0.1) is 5.82 Å². The van der Waals surface area contributed by atoms with Gasteiger partial charge in [-0.25, -0.2) is 13.2 Å². The van der Waals surface area contributed by atoms with E-state index in [0.717, 1.165) is 36.8 Å². The third-order valence-corrected chi connectivity index (χ3v) is 6.00. The second kappa shape index (κ2) is 13.6. The van der Waals surface area contributed by atoms with E-state index in [9.17, 15) is 13.2 Å². The van der Waals surface area contributed by atoms with Crippen LogP contribution >= 0.6 is 0 Å². The van der Waals surface area contributed by atoms with Gasteiger partial charge in [0.2, 0.25) is 0 Å². The molecule has 0 unspecified atom stereocenters. The molecule has 31 heavy (non-hydrogen) atoms. The minimum absolute atomic E-state index is 0.101. The highest BCUT2D eigenvalue weighted by Crippen LogP contribution is 2.30. The summed E-state index contributed by atoms with van der Waals surface area (Å²) in [6.07, 6.45) is 11.3. The first kappa shape index (κ1) is 25.5. The van der Waals surface area contributed by atoms with E-state index in [0.29, 0.717) is 6.42 Å². The van der Waals surface area contributed by atoms with Crippen LogP contribution in [-0.2, 0) is 12.8 Å². The Kier molecular flexibility index (Phi) is 11.2. The summed E-state index contributed by atoms with van der Waals surface area (Å²) in [5.74, 6) is -3.39. The molecule has 0 radical (unpaired) electrons. The summed E-state index contributed by atoms with van der Waals surface area (Å²) in [5, 5.41) is 0. The average Bonchev–Trinajstić information content (AvgIpc) is 2.75. The zero-order valence-electron chi connectivity index (χ0n) is 19.4. The highest BCUT2D eigenvalue weighted by atomic mass is 19.3. The van der Waals surface area contributed by atoms with Crippen LogP contribution < -0.4 is 0 Å². The molecule has 0 aliphatic rings. The Balaban J connectivity index is 1.89. The molecule has 2 aromatic carbocycles. The van der Waals surface area contributed by atoms with E-state index in [1.807, 2.05) is 12.1 Å². The number of alkyl halides is 2. The van der Waals surface area contributed by atoms with Gasteiger partial charge >= 0.3 is 0 Å². The maximum Gasteiger partial charge on any atom is 0.252 e. The zero-order valence-corrected chi connectivity index (χ0v) is 19.4. The lowest BCUT2D eigenvalue weighted by molar-refractivity contribution is -0.0102. The van der Waals surface area contributed by atoms with Gasteiger partial charge in [0.15, 0.2) is 0 Å². The van der Waals surface area contributed by atoms with E-state index in [2.05, 4.69) is 26.0 Å². The van der Waals surface area contributed by atoms with Gasteiger partial charge in [0, 0.05) is 12.8 Å². The van der Waals surface area contributed by atoms with Gasteiger partial charge in [0.1, 0.15) is 5.82 Å². The predicted molar refractivity (Wildman–Crippen MR) is 126 cm³/mol. The highest BCUT2D eigenvalue weighted by molar-refractivity contribution is 5.64. The molecular weight excluding hydrogens is 393 g/mol. The summed E-state index contributed by atoms with van der Waals surface area (Å²) in [5.41, 5.74) is 3.05. The number of aryl methyl sites for hydroxylation is 1. The minimum atomic E-state index is -2.85. The number of halogens is 3. The van der Waals surface area contributed by atoms with E-state index in [4.69, 9.17) is 0 Å². The lowest BCUT2D eigenvalue weighted by Gasteiger charge is -2.17. The van der Waals surface area contributed by atoms with Gasteiger partial charge < -0.3 is 0 Å². The number of rotatable bonds is 15. The summed E-state index contributed by atoms with van der Waals surface area (Å²) in [6, 6.07) is 12.9. The van der Waals surface area contributed by atoms with Crippen LogP contribution in [0.3, 0.4) is 0 Å². The maximum atomic E-state index is 14.5. The van der Waals surface area contributed by atoms with Crippen molar-refractivity contribution in [3.05, 3.63) is 59.4 Å². The molecule has 0 aliphatic heterocycles. The Hall–Kier alpha value is -1.77. The van der Waals surface area contributed by atoms with Crippen molar-refractivity contribution < 1.29 is 13.2 Å². The Morgan fingerprint density at radius 2 is 1.26 bits per heavy atom. The third kappa shape index (κ3) is 9.49. The summed E-state index contributed by atoms with van der Waals surface area (Å²) >= 11 is 0. The summed E-state index contributed by atoms with van der Waals surface area (Å²) in [4.78, 5) is 0. The second-order valence-corrected chi connectivity index (χ2v) is 8.86. The second-order valence-electron chi connectivity index (χ2n) is 8.86. The van der Waals surface area contributed by atoms with Crippen molar-refractivity contribution in [1.29, 1.82) is 0 Å². The van der Waals surface area contributed by atoms with Crippen molar-refractivity contribution in [3.8, 4) is 11.1 Å². The molecule has 0 amide bonds. The number of unbranched alkanes of at least 4 members (excludes halogenated alkanes) is 8. The first-order valence-electron chi connectivity index (χ1n) is 12.2. The Bertz CT molecular complexity index is 749. The highest BCUT2D eigenvalue weighted by Gasteiger charge is 2.29. The fourth-order valence-corrected chi connectivity index (χ4v) is 4.02. The molecule has 0 saturated carbocycles. The van der Waals surface area contributed by atoms with Crippen LogP contribution in [-0.4, -0.2) is 5.92 Å². The van der Waals surface area contributed by atoms with E-state index < -0.39 is 18.2 Å². The van der Waals surface area contributed by atoms with Crippen molar-refractivity contribution in [3.63, 3.8) is 0 Å². The average molecular weight is 433 g/mol. The van der Waals surface area contributed by atoms with Crippen molar-refractivity contribution >= 4 is 0 Å². The Morgan fingerprint density at radius 3 is 1.90 bits per heavy atom. The maximum absolute atomic E-state index is 14.5. The molecule has 0 aromatic heterocycles. The van der Waals surface area contributed by atoms with Gasteiger partial charge in [-0.1, -0.05) is 102 Å². The van der Waals surface area contributed by atoms with Gasteiger partial charge in [-0.15, -0.1) is 0 Å². The fraction of sp³-hybridized carbons (Fsp3) is 0.571. The van der Waals surface area contributed by atoms with Crippen molar-refractivity contribution in [1.82, 2.24) is 0 Å². The molecule has 0 fully saturated rings. The lowest BCUT2D eigenvalue weighted by atomic mass is 9.97. The zero-order chi connectivity index (χ0) is 22.5. The first-order valence-corrected chi connectivity index (χ1v) is 12.2. The minimum Gasteiger partial charge on any atom is -0.207 e. The van der Waals surface area contributed by atoms with E-state index in [1.165, 1.54) is 56.2 Å². The number of hydrogen-bond donors (Lipinski definition) is 0. The van der Waals surface area contributed by atoms with Gasteiger partial charge in [-0.3, -0.25) is 0 Å². The van der Waals surface area contributed by atoms with Crippen LogP contribution in [0.15, 0.2) is 42.5 Å². The van der Waals surface area contributed by atoms with Crippen LogP contribution in [0.1, 0.15) is 95.6 Å². The third-order valence-electron chi connectivity index (χ3n) is 6.00. The van der Waals surface area contributed by atoms with Crippen molar-refractivity contribution in [2.24, 2.45) is 0 Å². The molecule has 0 bridgehead atoms. The monoisotopic (exact) mass is 432 g/mol. The van der Waals surface area contributed by atoms with Crippen molar-refractivity contribution in [2.75, 3.05) is 0 Å².